The summed E-state index contributed by atoms with van der Waals surface area (Å²) in [5, 5.41) is 11.5. The van der Waals surface area contributed by atoms with Gasteiger partial charge in [0.15, 0.2) is 5.78 Å². The van der Waals surface area contributed by atoms with Crippen molar-refractivity contribution in [3.63, 3.8) is 0 Å². The number of hydrogen-bond acceptors (Lipinski definition) is 5. The Morgan fingerprint density at radius 1 is 1.06 bits per heavy atom. The van der Waals surface area contributed by atoms with Crippen LogP contribution in [0.1, 0.15) is 85.1 Å². The Morgan fingerprint density at radius 2 is 1.66 bits per heavy atom. The van der Waals surface area contributed by atoms with E-state index < -0.39 is 6.09 Å². The molecule has 1 aromatic rings. The number of amides is 1. The molecule has 1 aromatic carbocycles. The summed E-state index contributed by atoms with van der Waals surface area (Å²) in [6.45, 7) is 11.5. The van der Waals surface area contributed by atoms with E-state index in [2.05, 4.69) is 26.1 Å². The molecule has 0 aliphatic carbocycles. The van der Waals surface area contributed by atoms with Gasteiger partial charge in [-0.1, -0.05) is 65.0 Å². The highest BCUT2D eigenvalue weighted by molar-refractivity contribution is 5.85. The Bertz CT molecular complexity index is 605. The van der Waals surface area contributed by atoms with E-state index >= 15 is 0 Å². The van der Waals surface area contributed by atoms with Gasteiger partial charge in [0.2, 0.25) is 0 Å². The number of carbonyl (C=O) groups is 2. The predicted molar refractivity (Wildman–Crippen MR) is 131 cm³/mol. The van der Waals surface area contributed by atoms with Crippen LogP contribution in [0.15, 0.2) is 30.3 Å². The van der Waals surface area contributed by atoms with Crippen LogP contribution in [0.25, 0.3) is 0 Å². The zero-order valence-corrected chi connectivity index (χ0v) is 20.9. The van der Waals surface area contributed by atoms with E-state index in [0.717, 1.165) is 44.1 Å². The van der Waals surface area contributed by atoms with E-state index in [1.54, 1.807) is 0 Å². The van der Waals surface area contributed by atoms with Gasteiger partial charge in [0.25, 0.3) is 0 Å². The SMILES string of the molecule is CCC(C)(CC)CO.CCC(CC)C(=O)[C@@H](N)CCCCNC(=O)OCc1ccccc1. The van der Waals surface area contributed by atoms with Crippen molar-refractivity contribution in [2.75, 3.05) is 13.2 Å². The van der Waals surface area contributed by atoms with E-state index in [-0.39, 0.29) is 29.8 Å². The molecule has 6 nitrogen and oxygen atoms in total. The molecule has 1 amide bonds. The van der Waals surface area contributed by atoms with E-state index in [9.17, 15) is 9.59 Å². The second kappa shape index (κ2) is 17.6. The fraction of sp³-hybridized carbons (Fsp3) is 0.692. The number of unbranched alkanes of at least 4 members (excludes halogenated alkanes) is 1. The van der Waals surface area contributed by atoms with Crippen LogP contribution < -0.4 is 11.1 Å². The third-order valence-corrected chi connectivity index (χ3v) is 6.27. The smallest absolute Gasteiger partial charge is 0.407 e. The van der Waals surface area contributed by atoms with Crippen LogP contribution >= 0.6 is 0 Å². The molecule has 0 radical (unpaired) electrons. The number of carbonyl (C=O) groups excluding carboxylic acids is 2. The molecule has 4 N–H and O–H groups in total. The highest BCUT2D eigenvalue weighted by atomic mass is 16.5. The molecule has 0 fully saturated rings. The number of benzene rings is 1. The van der Waals surface area contributed by atoms with Crippen molar-refractivity contribution in [2.45, 2.75) is 92.2 Å². The summed E-state index contributed by atoms with van der Waals surface area (Å²) in [6, 6.07) is 9.16. The fourth-order valence-electron chi connectivity index (χ4n) is 3.06. The van der Waals surface area contributed by atoms with Crippen LogP contribution in [-0.2, 0) is 16.1 Å². The molecule has 0 unspecified atom stereocenters. The Kier molecular flexibility index (Phi) is 16.6. The Balaban J connectivity index is 0.00000102. The summed E-state index contributed by atoms with van der Waals surface area (Å²) < 4.78 is 5.13. The molecular formula is C26H46N2O4. The maximum atomic E-state index is 12.1. The number of hydrogen-bond donors (Lipinski definition) is 3. The Morgan fingerprint density at radius 3 is 2.12 bits per heavy atom. The summed E-state index contributed by atoms with van der Waals surface area (Å²) in [4.78, 5) is 23.7. The third kappa shape index (κ3) is 12.8. The number of aliphatic hydroxyl groups is 1. The molecule has 1 atom stereocenters. The molecule has 0 saturated carbocycles. The average Bonchev–Trinajstić information content (AvgIpc) is 2.83. The molecule has 0 aromatic heterocycles. The van der Waals surface area contributed by atoms with E-state index in [4.69, 9.17) is 15.6 Å². The first-order valence-corrected chi connectivity index (χ1v) is 12.1. The van der Waals surface area contributed by atoms with E-state index in [1.165, 1.54) is 0 Å². The van der Waals surface area contributed by atoms with Crippen molar-refractivity contribution in [1.82, 2.24) is 5.32 Å². The van der Waals surface area contributed by atoms with Crippen molar-refractivity contribution in [1.29, 1.82) is 0 Å². The third-order valence-electron chi connectivity index (χ3n) is 6.27. The lowest BCUT2D eigenvalue weighted by Crippen LogP contribution is -2.35. The Hall–Kier alpha value is -1.92. The molecule has 0 saturated heterocycles. The number of nitrogens with one attached hydrogen (secondary N) is 1. The number of alkyl carbamates (subject to hydrolysis) is 1. The fourth-order valence-corrected chi connectivity index (χ4v) is 3.06. The van der Waals surface area contributed by atoms with Crippen LogP contribution in [-0.4, -0.2) is 36.2 Å². The van der Waals surface area contributed by atoms with Crippen LogP contribution in [0.3, 0.4) is 0 Å². The maximum Gasteiger partial charge on any atom is 0.407 e. The number of ketones is 1. The topological polar surface area (TPSA) is 102 Å². The van der Waals surface area contributed by atoms with Crippen molar-refractivity contribution < 1.29 is 19.4 Å². The molecule has 0 heterocycles. The summed E-state index contributed by atoms with van der Waals surface area (Å²) in [7, 11) is 0. The zero-order valence-electron chi connectivity index (χ0n) is 20.9. The van der Waals surface area contributed by atoms with Gasteiger partial charge in [-0.2, -0.15) is 0 Å². The van der Waals surface area contributed by atoms with Crippen LogP contribution in [0.5, 0.6) is 0 Å². The molecule has 184 valence electrons. The lowest BCUT2D eigenvalue weighted by atomic mass is 9.86. The van der Waals surface area contributed by atoms with Gasteiger partial charge >= 0.3 is 6.09 Å². The van der Waals surface area contributed by atoms with Gasteiger partial charge in [-0.3, -0.25) is 4.79 Å². The number of ether oxygens (including phenoxy) is 1. The standard InChI is InChI=1S/C19H30N2O3.C7H16O/c1-3-16(4-2)18(22)17(20)12-8-9-13-21-19(23)24-14-15-10-6-5-7-11-15;1-4-7(3,5-2)6-8/h5-7,10-11,16-17H,3-4,8-9,12-14,20H2,1-2H3,(H,21,23);8H,4-6H2,1-3H3/t17-;/m0./s1. The van der Waals surface area contributed by atoms with Gasteiger partial charge in [0.1, 0.15) is 6.61 Å². The average molecular weight is 451 g/mol. The summed E-state index contributed by atoms with van der Waals surface area (Å²) in [5.74, 6) is 0.237. The van der Waals surface area contributed by atoms with Crippen molar-refractivity contribution >= 4 is 11.9 Å². The lowest BCUT2D eigenvalue weighted by Gasteiger charge is -2.22. The molecule has 0 spiro atoms. The highest BCUT2D eigenvalue weighted by Crippen LogP contribution is 2.23. The zero-order chi connectivity index (χ0) is 24.4. The minimum absolute atomic E-state index is 0.0751. The second-order valence-electron chi connectivity index (χ2n) is 8.68. The minimum Gasteiger partial charge on any atom is -0.445 e. The molecule has 32 heavy (non-hydrogen) atoms. The summed E-state index contributed by atoms with van der Waals surface area (Å²) in [5.41, 5.74) is 7.10. The summed E-state index contributed by atoms with van der Waals surface area (Å²) in [6.07, 6.45) is 5.67. The van der Waals surface area contributed by atoms with Crippen LogP contribution in [0.2, 0.25) is 0 Å². The van der Waals surface area contributed by atoms with Gasteiger partial charge in [-0.15, -0.1) is 0 Å². The highest BCUT2D eigenvalue weighted by Gasteiger charge is 2.20. The monoisotopic (exact) mass is 450 g/mol. The molecule has 0 aliphatic heterocycles. The van der Waals surface area contributed by atoms with Crippen molar-refractivity contribution in [3.8, 4) is 0 Å². The number of Topliss-reactive ketones (excluding diaryl/α,β-unsaturated/α-hetero) is 1. The van der Waals surface area contributed by atoms with Gasteiger partial charge in [-0.25, -0.2) is 4.79 Å². The largest absolute Gasteiger partial charge is 0.445 e. The first kappa shape index (κ1) is 30.1. The van der Waals surface area contributed by atoms with E-state index in [0.29, 0.717) is 19.6 Å². The van der Waals surface area contributed by atoms with Gasteiger partial charge in [0.05, 0.1) is 6.04 Å². The van der Waals surface area contributed by atoms with Gasteiger partial charge < -0.3 is 20.9 Å². The van der Waals surface area contributed by atoms with Crippen molar-refractivity contribution in [3.05, 3.63) is 35.9 Å². The van der Waals surface area contributed by atoms with Crippen LogP contribution in [0.4, 0.5) is 4.79 Å². The Labute approximate surface area is 195 Å². The number of nitrogens with two attached hydrogens (primary N) is 1. The van der Waals surface area contributed by atoms with E-state index in [1.807, 2.05) is 44.2 Å². The summed E-state index contributed by atoms with van der Waals surface area (Å²) >= 11 is 0. The first-order chi connectivity index (χ1) is 15.3. The number of rotatable bonds is 14. The maximum absolute atomic E-state index is 12.1. The predicted octanol–water partition coefficient (Wildman–Crippen LogP) is 5.22. The molecular weight excluding hydrogens is 404 g/mol. The second-order valence-corrected chi connectivity index (χ2v) is 8.68. The van der Waals surface area contributed by atoms with Gasteiger partial charge in [-0.05, 0) is 55.9 Å². The van der Waals surface area contributed by atoms with Gasteiger partial charge in [0, 0.05) is 19.1 Å². The lowest BCUT2D eigenvalue weighted by molar-refractivity contribution is -0.124. The first-order valence-electron chi connectivity index (χ1n) is 12.1. The molecule has 1 rings (SSSR count). The van der Waals surface area contributed by atoms with Crippen LogP contribution in [0, 0.1) is 11.3 Å². The van der Waals surface area contributed by atoms with Crippen molar-refractivity contribution in [2.24, 2.45) is 17.1 Å². The molecule has 0 bridgehead atoms. The molecule has 6 heteroatoms. The normalized spacial score (nSPS) is 12.0. The molecule has 0 aliphatic rings. The quantitative estimate of drug-likeness (QED) is 0.337. The minimum atomic E-state index is -0.420. The number of aliphatic hydroxyl groups excluding tert-OH is 1.